The molecule has 5 unspecified atom stereocenters. The van der Waals surface area contributed by atoms with Crippen molar-refractivity contribution in [3.8, 4) is 11.1 Å². The van der Waals surface area contributed by atoms with Gasteiger partial charge in [0, 0.05) is 43.3 Å². The van der Waals surface area contributed by atoms with Gasteiger partial charge in [0.15, 0.2) is 0 Å². The van der Waals surface area contributed by atoms with E-state index in [1.807, 2.05) is 11.1 Å². The van der Waals surface area contributed by atoms with Crippen LogP contribution in [0.4, 0.5) is 0 Å². The maximum Gasteiger partial charge on any atom is 0.0900 e. The van der Waals surface area contributed by atoms with E-state index in [0.717, 1.165) is 12.8 Å². The minimum absolute atomic E-state index is 0.0798. The predicted molar refractivity (Wildman–Crippen MR) is 170 cm³/mol. The fourth-order valence-electron chi connectivity index (χ4n) is 13.3. The Kier molecular flexibility index (Phi) is 2.79. The van der Waals surface area contributed by atoms with Gasteiger partial charge in [-0.05, 0) is 130 Å². The van der Waals surface area contributed by atoms with Gasteiger partial charge in [-0.2, -0.15) is 0 Å². The van der Waals surface area contributed by atoms with Crippen molar-refractivity contribution in [2.45, 2.75) is 55.4 Å². The largest absolute Gasteiger partial charge is 0.334 e. The van der Waals surface area contributed by atoms with Gasteiger partial charge in [0.25, 0.3) is 0 Å². The van der Waals surface area contributed by atoms with Crippen molar-refractivity contribution in [1.82, 2.24) is 4.90 Å². The quantitative estimate of drug-likeness (QED) is 0.237. The number of rotatable bonds is 0. The second kappa shape index (κ2) is 5.73. The van der Waals surface area contributed by atoms with Crippen LogP contribution in [-0.4, -0.2) is 44.2 Å². The minimum atomic E-state index is 0.0798. The van der Waals surface area contributed by atoms with E-state index < -0.39 is 0 Å². The topological polar surface area (TPSA) is 7.68 Å². The average molecular weight is 540 g/mol. The molecule has 7 aliphatic carbocycles. The van der Waals surface area contributed by atoms with Crippen molar-refractivity contribution in [3.05, 3.63) is 86.5 Å². The maximum absolute atomic E-state index is 2.94. The summed E-state index contributed by atoms with van der Waals surface area (Å²) in [5.74, 6) is 0. The molecule has 2 nitrogen and oxygen atoms in total. The predicted octanol–water partition coefficient (Wildman–Crippen LogP) is 5.88. The number of hydrogen-bond acceptors (Lipinski definition) is 1. The number of nitrogens with one attached hydrogen (secondary N) is 1. The van der Waals surface area contributed by atoms with Crippen LogP contribution in [0.5, 0.6) is 0 Å². The third-order valence-electron chi connectivity index (χ3n) is 14.5. The molecule has 5 atom stereocenters. The summed E-state index contributed by atoms with van der Waals surface area (Å²) in [5.41, 5.74) is 20.8. The first-order chi connectivity index (χ1) is 20.7. The van der Waals surface area contributed by atoms with E-state index in [9.17, 15) is 0 Å². The van der Waals surface area contributed by atoms with E-state index in [4.69, 9.17) is 0 Å². The fourth-order valence-corrected chi connectivity index (χ4v) is 13.3. The third kappa shape index (κ3) is 1.64. The van der Waals surface area contributed by atoms with Crippen molar-refractivity contribution in [2.75, 3.05) is 33.2 Å². The first kappa shape index (κ1) is 20.4. The summed E-state index contributed by atoms with van der Waals surface area (Å²) in [7, 11) is 2.53. The molecular formula is C40H31N2+. The molecule has 9 aliphatic rings. The van der Waals surface area contributed by atoms with Crippen LogP contribution < -0.4 is 4.90 Å². The zero-order chi connectivity index (χ0) is 26.6. The average Bonchev–Trinajstić information content (AvgIpc) is 3.67. The Morgan fingerprint density at radius 3 is 2.52 bits per heavy atom. The van der Waals surface area contributed by atoms with Crippen LogP contribution in [0.2, 0.25) is 0 Å². The number of fused-ring (bicyclic) bond motifs is 3. The molecule has 2 saturated heterocycles. The zero-order valence-electron chi connectivity index (χ0n) is 24.1. The highest BCUT2D eigenvalue weighted by atomic mass is 15.2. The van der Waals surface area contributed by atoms with Gasteiger partial charge < -0.3 is 4.90 Å². The van der Waals surface area contributed by atoms with Gasteiger partial charge in [0.2, 0.25) is 0 Å². The van der Waals surface area contributed by atoms with Gasteiger partial charge in [-0.1, -0.05) is 42.0 Å². The monoisotopic (exact) mass is 539 g/mol. The molecule has 0 amide bonds. The number of benzene rings is 5. The summed E-state index contributed by atoms with van der Waals surface area (Å²) < 4.78 is 0. The summed E-state index contributed by atoms with van der Waals surface area (Å²) in [6.07, 6.45) is 10.2. The molecule has 2 heterocycles. The Morgan fingerprint density at radius 2 is 1.57 bits per heavy atom. The summed E-state index contributed by atoms with van der Waals surface area (Å²) in [6.45, 7) is 5.02. The van der Waals surface area contributed by atoms with E-state index >= 15 is 0 Å². The number of aryl methyl sites for hydroxylation is 1. The maximum atomic E-state index is 2.94. The molecule has 2 aliphatic heterocycles. The van der Waals surface area contributed by atoms with Crippen molar-refractivity contribution >= 4 is 48.7 Å². The van der Waals surface area contributed by atoms with Crippen LogP contribution in [0.15, 0.2) is 47.6 Å². The first-order valence-electron chi connectivity index (χ1n) is 16.7. The summed E-state index contributed by atoms with van der Waals surface area (Å²) in [4.78, 5) is 4.73. The molecule has 2 fully saturated rings. The molecule has 0 saturated carbocycles. The Balaban J connectivity index is 1.35. The zero-order valence-corrected chi connectivity index (χ0v) is 24.1. The van der Waals surface area contributed by atoms with Crippen LogP contribution in [0, 0.1) is 0 Å². The molecule has 2 spiro atoms. The van der Waals surface area contributed by atoms with E-state index in [-0.39, 0.29) is 10.8 Å². The van der Waals surface area contributed by atoms with Crippen molar-refractivity contribution in [3.63, 3.8) is 0 Å². The highest BCUT2D eigenvalue weighted by molar-refractivity contribution is 6.41. The lowest BCUT2D eigenvalue weighted by molar-refractivity contribution is -0.904. The second-order valence-corrected chi connectivity index (χ2v) is 15.7. The van der Waals surface area contributed by atoms with Crippen molar-refractivity contribution in [1.29, 1.82) is 0 Å². The van der Waals surface area contributed by atoms with Gasteiger partial charge >= 0.3 is 0 Å². The second-order valence-electron chi connectivity index (χ2n) is 15.7. The Bertz CT molecular complexity index is 2450. The molecule has 14 rings (SSSR count). The van der Waals surface area contributed by atoms with Gasteiger partial charge in [0.1, 0.15) is 0 Å². The van der Waals surface area contributed by atoms with E-state index in [1.54, 1.807) is 92.9 Å². The third-order valence-corrected chi connectivity index (χ3v) is 14.5. The number of nitrogens with zero attached hydrogens (tertiary/aromatic N) is 1. The van der Waals surface area contributed by atoms with Crippen LogP contribution in [0.3, 0.4) is 0 Å². The van der Waals surface area contributed by atoms with Crippen LogP contribution >= 0.6 is 0 Å². The van der Waals surface area contributed by atoms with Crippen LogP contribution in [0.1, 0.15) is 58.2 Å². The van der Waals surface area contributed by atoms with Gasteiger partial charge in [-0.15, -0.1) is 0 Å². The number of hydrogen-bond donors (Lipinski definition) is 1. The lowest BCUT2D eigenvalue weighted by Gasteiger charge is -2.58. The molecule has 42 heavy (non-hydrogen) atoms. The van der Waals surface area contributed by atoms with Crippen LogP contribution in [-0.2, 0) is 30.1 Å². The molecular weight excluding hydrogens is 508 g/mol. The molecule has 1 N–H and O–H groups in total. The SMILES string of the molecule is C[NH+]1CCN2CCC1CC13C4=C5C=C6Cc7cc8ccc9cc%10c%11c%12c(cc(c4c%12c1c1c%11c9c8c-1c7C63C2)CC5)C%10. The first-order valence-corrected chi connectivity index (χ1v) is 16.7. The smallest absolute Gasteiger partial charge is 0.0900 e. The lowest BCUT2D eigenvalue weighted by Crippen LogP contribution is -3.13. The van der Waals surface area contributed by atoms with E-state index in [0.29, 0.717) is 6.04 Å². The summed E-state index contributed by atoms with van der Waals surface area (Å²) >= 11 is 0. The highest BCUT2D eigenvalue weighted by Gasteiger charge is 2.71. The van der Waals surface area contributed by atoms with Crippen LogP contribution in [0.25, 0.3) is 59.8 Å². The molecule has 2 bridgehead atoms. The standard InChI is InChI=1S/C40H30N2/c1-41-8-9-42-7-6-26(41)16-39-36-21-5-4-20-11-23-13-22-10-18-2-3-19-12-24-15-25(14-21)40(39,17-42)37(24)34-28(19)27(18)32-29(22)30(23)33(31(20)36)38(39)35(32)34/h2-3,10-12,14,26H,4-9,13,15-17H2,1H3/p+1. The van der Waals surface area contributed by atoms with Crippen molar-refractivity contribution < 1.29 is 4.90 Å². The van der Waals surface area contributed by atoms with Crippen molar-refractivity contribution in [2.24, 2.45) is 0 Å². The molecule has 5 aromatic carbocycles. The van der Waals surface area contributed by atoms with E-state index in [2.05, 4.69) is 48.4 Å². The lowest BCUT2D eigenvalue weighted by atomic mass is 9.45. The molecule has 2 heteroatoms. The summed E-state index contributed by atoms with van der Waals surface area (Å²) in [5, 5.41) is 12.9. The van der Waals surface area contributed by atoms with Gasteiger partial charge in [-0.3, -0.25) is 4.90 Å². The summed E-state index contributed by atoms with van der Waals surface area (Å²) in [6, 6.07) is 13.6. The minimum Gasteiger partial charge on any atom is -0.334 e. The van der Waals surface area contributed by atoms with E-state index in [1.165, 1.54) is 62.6 Å². The number of allylic oxidation sites excluding steroid dienone is 3. The fraction of sp³-hybridized carbons (Fsp3) is 0.350. The molecule has 0 aromatic heterocycles. The Morgan fingerprint density at radius 1 is 0.738 bits per heavy atom. The highest BCUT2D eigenvalue weighted by Crippen LogP contribution is 2.78. The Hall–Kier alpha value is -3.46. The molecule has 200 valence electrons. The number of likely N-dealkylation sites (N-methyl/N-ethyl adjacent to an activating group) is 1. The molecule has 0 radical (unpaired) electrons. The molecule has 5 aromatic rings. The Labute approximate surface area is 244 Å². The number of quaternary nitrogens is 1. The van der Waals surface area contributed by atoms with Gasteiger partial charge in [-0.25, -0.2) is 0 Å². The van der Waals surface area contributed by atoms with Gasteiger partial charge in [0.05, 0.1) is 19.6 Å². The normalized spacial score (nSPS) is 33.8.